The molecule has 1 amide bonds. The second-order valence-corrected chi connectivity index (χ2v) is 8.59. The van der Waals surface area contributed by atoms with Gasteiger partial charge in [-0.1, -0.05) is 13.8 Å². The number of likely N-dealkylation sites (N-methyl/N-ethyl adjacent to an activating group) is 1. The zero-order valence-corrected chi connectivity index (χ0v) is 17.3. The van der Waals surface area contributed by atoms with E-state index < -0.39 is 0 Å². The molecule has 1 aromatic rings. The molecule has 0 aromatic carbocycles. The Labute approximate surface area is 162 Å². The number of nitrogens with zero attached hydrogens (tertiary/aromatic N) is 4. The van der Waals surface area contributed by atoms with Gasteiger partial charge in [-0.15, -0.1) is 0 Å². The molecule has 27 heavy (non-hydrogen) atoms. The second kappa shape index (κ2) is 8.57. The summed E-state index contributed by atoms with van der Waals surface area (Å²) >= 11 is 0. The highest BCUT2D eigenvalue weighted by Gasteiger charge is 2.33. The lowest BCUT2D eigenvalue weighted by molar-refractivity contribution is 0.0752. The molecule has 1 aromatic heterocycles. The van der Waals surface area contributed by atoms with Gasteiger partial charge in [0.05, 0.1) is 0 Å². The van der Waals surface area contributed by atoms with Gasteiger partial charge in [-0.2, -0.15) is 0 Å². The van der Waals surface area contributed by atoms with Crippen molar-refractivity contribution in [2.24, 2.45) is 5.92 Å². The summed E-state index contributed by atoms with van der Waals surface area (Å²) < 4.78 is 1.70. The van der Waals surface area contributed by atoms with Crippen LogP contribution in [0.15, 0.2) is 17.1 Å². The summed E-state index contributed by atoms with van der Waals surface area (Å²) in [6.07, 6.45) is 3.77. The number of hydrogen-bond acceptors (Lipinski definition) is 4. The van der Waals surface area contributed by atoms with Gasteiger partial charge in [0, 0.05) is 58.1 Å². The number of piperazine rings is 1. The molecule has 6 heteroatoms. The van der Waals surface area contributed by atoms with Gasteiger partial charge in [0.25, 0.3) is 11.5 Å². The Morgan fingerprint density at radius 1 is 1.19 bits per heavy atom. The van der Waals surface area contributed by atoms with Crippen LogP contribution in [0.5, 0.6) is 0 Å². The van der Waals surface area contributed by atoms with Crippen molar-refractivity contribution in [1.29, 1.82) is 0 Å². The molecule has 0 bridgehead atoms. The molecule has 3 heterocycles. The van der Waals surface area contributed by atoms with E-state index in [0.717, 1.165) is 57.7 Å². The molecule has 1 unspecified atom stereocenters. The molecule has 0 N–H and O–H groups in total. The van der Waals surface area contributed by atoms with E-state index >= 15 is 0 Å². The molecule has 0 spiro atoms. The summed E-state index contributed by atoms with van der Waals surface area (Å²) in [5, 5.41) is 0. The summed E-state index contributed by atoms with van der Waals surface area (Å²) in [4.78, 5) is 32.8. The molecule has 1 atom stereocenters. The molecule has 150 valence electrons. The number of likely N-dealkylation sites (tertiary alicyclic amines) is 1. The first-order chi connectivity index (χ1) is 12.9. The Bertz CT molecular complexity index is 719. The van der Waals surface area contributed by atoms with Crippen molar-refractivity contribution in [1.82, 2.24) is 19.3 Å². The summed E-state index contributed by atoms with van der Waals surface area (Å²) in [7, 11) is 2.16. The maximum atomic E-state index is 13.1. The number of hydrogen-bond donors (Lipinski definition) is 0. The van der Waals surface area contributed by atoms with E-state index in [0.29, 0.717) is 24.1 Å². The lowest BCUT2D eigenvalue weighted by Gasteiger charge is -2.36. The lowest BCUT2D eigenvalue weighted by atomic mass is 10.1. The first-order valence-electron chi connectivity index (χ1n) is 10.3. The topological polar surface area (TPSA) is 48.8 Å². The van der Waals surface area contributed by atoms with Gasteiger partial charge in [0.2, 0.25) is 0 Å². The van der Waals surface area contributed by atoms with Crippen LogP contribution < -0.4 is 5.56 Å². The average Bonchev–Trinajstić information content (AvgIpc) is 3.11. The Morgan fingerprint density at radius 2 is 1.89 bits per heavy atom. The van der Waals surface area contributed by atoms with E-state index in [2.05, 4.69) is 30.7 Å². The highest BCUT2D eigenvalue weighted by molar-refractivity contribution is 5.95. The van der Waals surface area contributed by atoms with Crippen molar-refractivity contribution in [3.05, 3.63) is 33.7 Å². The largest absolute Gasteiger partial charge is 0.337 e. The summed E-state index contributed by atoms with van der Waals surface area (Å²) in [6.45, 7) is 12.6. The summed E-state index contributed by atoms with van der Waals surface area (Å²) in [5.74, 6) is 0.438. The standard InChI is InChI=1S/C21H34N4O2/c1-16(2)5-8-24-9-6-17(3)19(20(24)26)21(27)25-10-7-18(15-25)23-13-11-22(4)12-14-23/h6,9,16,18H,5,7-8,10-15H2,1-4H3. The number of aromatic nitrogens is 1. The van der Waals surface area contributed by atoms with Gasteiger partial charge < -0.3 is 14.4 Å². The fourth-order valence-electron chi connectivity index (χ4n) is 4.07. The third-order valence-corrected chi connectivity index (χ3v) is 6.04. The van der Waals surface area contributed by atoms with Crippen molar-refractivity contribution < 1.29 is 4.79 Å². The number of amides is 1. The van der Waals surface area contributed by atoms with Crippen LogP contribution >= 0.6 is 0 Å². The molecular formula is C21H34N4O2. The maximum Gasteiger partial charge on any atom is 0.263 e. The van der Waals surface area contributed by atoms with Gasteiger partial charge in [0.15, 0.2) is 0 Å². The van der Waals surface area contributed by atoms with E-state index in [-0.39, 0.29) is 11.5 Å². The van der Waals surface area contributed by atoms with Crippen molar-refractivity contribution in [2.45, 2.75) is 46.2 Å². The highest BCUT2D eigenvalue weighted by atomic mass is 16.2. The van der Waals surface area contributed by atoms with Crippen LogP contribution in [0.3, 0.4) is 0 Å². The van der Waals surface area contributed by atoms with Crippen LogP contribution in [0.1, 0.15) is 42.6 Å². The third-order valence-electron chi connectivity index (χ3n) is 6.04. The summed E-state index contributed by atoms with van der Waals surface area (Å²) in [6, 6.07) is 2.33. The van der Waals surface area contributed by atoms with E-state index in [4.69, 9.17) is 0 Å². The van der Waals surface area contributed by atoms with Crippen LogP contribution in [0, 0.1) is 12.8 Å². The normalized spacial score (nSPS) is 22.0. The summed E-state index contributed by atoms with van der Waals surface area (Å²) in [5.41, 5.74) is 1.01. The molecule has 0 saturated carbocycles. The molecule has 2 fully saturated rings. The third kappa shape index (κ3) is 4.61. The van der Waals surface area contributed by atoms with Crippen LogP contribution in [0.2, 0.25) is 0 Å². The van der Waals surface area contributed by atoms with Gasteiger partial charge in [-0.05, 0) is 44.4 Å². The van der Waals surface area contributed by atoms with E-state index in [1.807, 2.05) is 24.1 Å². The monoisotopic (exact) mass is 374 g/mol. The van der Waals surface area contributed by atoms with Crippen molar-refractivity contribution in [3.63, 3.8) is 0 Å². The van der Waals surface area contributed by atoms with Gasteiger partial charge in [-0.3, -0.25) is 14.5 Å². The SMILES string of the molecule is Cc1ccn(CCC(C)C)c(=O)c1C(=O)N1CCC(N2CCN(C)CC2)C1. The number of carbonyl (C=O) groups is 1. The van der Waals surface area contributed by atoms with E-state index in [1.165, 1.54) is 0 Å². The van der Waals surface area contributed by atoms with E-state index in [9.17, 15) is 9.59 Å². The molecule has 0 radical (unpaired) electrons. The predicted molar refractivity (Wildman–Crippen MR) is 108 cm³/mol. The van der Waals surface area contributed by atoms with E-state index in [1.54, 1.807) is 4.57 Å². The molecular weight excluding hydrogens is 340 g/mol. The predicted octanol–water partition coefficient (Wildman–Crippen LogP) is 1.66. The highest BCUT2D eigenvalue weighted by Crippen LogP contribution is 2.19. The molecule has 0 aliphatic carbocycles. The fourth-order valence-corrected chi connectivity index (χ4v) is 4.07. The number of pyridine rings is 1. The zero-order valence-electron chi connectivity index (χ0n) is 17.3. The quantitative estimate of drug-likeness (QED) is 0.787. The smallest absolute Gasteiger partial charge is 0.263 e. The minimum atomic E-state index is -0.135. The molecule has 2 aliphatic heterocycles. The van der Waals surface area contributed by atoms with Gasteiger partial charge in [-0.25, -0.2) is 0 Å². The fraction of sp³-hybridized carbons (Fsp3) is 0.714. The van der Waals surface area contributed by atoms with Crippen molar-refractivity contribution in [2.75, 3.05) is 46.3 Å². The Balaban J connectivity index is 1.70. The van der Waals surface area contributed by atoms with Crippen LogP contribution in [0.4, 0.5) is 0 Å². The first-order valence-corrected chi connectivity index (χ1v) is 10.3. The minimum Gasteiger partial charge on any atom is -0.337 e. The van der Waals surface area contributed by atoms with Crippen molar-refractivity contribution >= 4 is 5.91 Å². The number of carbonyl (C=O) groups excluding carboxylic acids is 1. The van der Waals surface area contributed by atoms with Crippen molar-refractivity contribution in [3.8, 4) is 0 Å². The Hall–Kier alpha value is -1.66. The lowest BCUT2D eigenvalue weighted by Crippen LogP contribution is -2.50. The number of aryl methyl sites for hydroxylation is 2. The van der Waals surface area contributed by atoms with Gasteiger partial charge >= 0.3 is 0 Å². The zero-order chi connectivity index (χ0) is 19.6. The molecule has 6 nitrogen and oxygen atoms in total. The maximum absolute atomic E-state index is 13.1. The second-order valence-electron chi connectivity index (χ2n) is 8.59. The van der Waals surface area contributed by atoms with Crippen LogP contribution in [-0.2, 0) is 6.54 Å². The first kappa shape index (κ1) is 20.1. The minimum absolute atomic E-state index is 0.0898. The van der Waals surface area contributed by atoms with Gasteiger partial charge in [0.1, 0.15) is 5.56 Å². The Kier molecular flexibility index (Phi) is 6.37. The molecule has 2 aliphatic rings. The number of rotatable bonds is 5. The van der Waals surface area contributed by atoms with Crippen LogP contribution in [0.25, 0.3) is 0 Å². The molecule has 2 saturated heterocycles. The molecule has 3 rings (SSSR count). The average molecular weight is 375 g/mol. The van der Waals surface area contributed by atoms with Crippen LogP contribution in [-0.4, -0.2) is 77.5 Å². The Morgan fingerprint density at radius 3 is 2.56 bits per heavy atom.